The molecule has 0 fully saturated rings. The van der Waals surface area contributed by atoms with E-state index in [1.54, 1.807) is 32.4 Å². The summed E-state index contributed by atoms with van der Waals surface area (Å²) in [4.78, 5) is 0. The Morgan fingerprint density at radius 3 is 2.26 bits per heavy atom. The quantitative estimate of drug-likeness (QED) is 0.897. The second-order valence-electron chi connectivity index (χ2n) is 3.94. The molecule has 2 aromatic carbocycles. The maximum atomic E-state index is 9.40. The highest BCUT2D eigenvalue weighted by Gasteiger charge is 2.07. The Morgan fingerprint density at radius 2 is 1.58 bits per heavy atom. The summed E-state index contributed by atoms with van der Waals surface area (Å²) in [5.41, 5.74) is 0.853. The lowest BCUT2D eigenvalue weighted by molar-refractivity contribution is 0.277. The summed E-state index contributed by atoms with van der Waals surface area (Å²) >= 11 is 0. The Kier molecular flexibility index (Phi) is 4.13. The number of aromatic hydroxyl groups is 1. The molecule has 0 bridgehead atoms. The third-order valence-electron chi connectivity index (χ3n) is 2.72. The molecule has 0 saturated carbocycles. The van der Waals surface area contributed by atoms with Crippen LogP contribution in [0.15, 0.2) is 42.5 Å². The summed E-state index contributed by atoms with van der Waals surface area (Å²) < 4.78 is 16.1. The van der Waals surface area contributed by atoms with Crippen molar-refractivity contribution in [3.8, 4) is 23.0 Å². The van der Waals surface area contributed by atoms with Crippen molar-refractivity contribution in [3.05, 3.63) is 48.0 Å². The average molecular weight is 260 g/mol. The van der Waals surface area contributed by atoms with Crippen molar-refractivity contribution >= 4 is 0 Å². The zero-order chi connectivity index (χ0) is 13.7. The third-order valence-corrected chi connectivity index (χ3v) is 2.72. The van der Waals surface area contributed by atoms with E-state index in [9.17, 15) is 5.11 Å². The Morgan fingerprint density at radius 1 is 0.895 bits per heavy atom. The molecule has 0 heterocycles. The lowest BCUT2D eigenvalue weighted by atomic mass is 10.2. The number of hydrogen-bond donors (Lipinski definition) is 1. The van der Waals surface area contributed by atoms with Gasteiger partial charge in [-0.3, -0.25) is 0 Å². The molecule has 1 N–H and O–H groups in total. The zero-order valence-electron chi connectivity index (χ0n) is 10.9. The molecule has 0 amide bonds. The highest BCUT2D eigenvalue weighted by atomic mass is 16.5. The number of rotatable bonds is 5. The fourth-order valence-electron chi connectivity index (χ4n) is 1.75. The van der Waals surface area contributed by atoms with E-state index in [0.717, 1.165) is 5.56 Å². The zero-order valence-corrected chi connectivity index (χ0v) is 10.9. The Bertz CT molecular complexity index is 552. The van der Waals surface area contributed by atoms with Gasteiger partial charge in [0.05, 0.1) is 14.2 Å². The Hall–Kier alpha value is -2.36. The molecule has 100 valence electrons. The van der Waals surface area contributed by atoms with E-state index < -0.39 is 0 Å². The van der Waals surface area contributed by atoms with Gasteiger partial charge >= 0.3 is 0 Å². The number of benzene rings is 2. The van der Waals surface area contributed by atoms with Crippen LogP contribution in [0.25, 0.3) is 0 Å². The van der Waals surface area contributed by atoms with Crippen molar-refractivity contribution in [3.63, 3.8) is 0 Å². The highest BCUT2D eigenvalue weighted by Crippen LogP contribution is 2.29. The van der Waals surface area contributed by atoms with Gasteiger partial charge in [0.15, 0.2) is 11.5 Å². The van der Waals surface area contributed by atoms with Gasteiger partial charge in [0.2, 0.25) is 0 Å². The number of phenols is 1. The molecule has 0 aliphatic heterocycles. The molecule has 19 heavy (non-hydrogen) atoms. The van der Waals surface area contributed by atoms with Gasteiger partial charge in [0.25, 0.3) is 0 Å². The van der Waals surface area contributed by atoms with Gasteiger partial charge in [0.1, 0.15) is 18.1 Å². The number of para-hydroxylation sites is 2. The first kappa shape index (κ1) is 13.1. The first-order valence-corrected chi connectivity index (χ1v) is 5.86. The number of hydrogen-bond acceptors (Lipinski definition) is 4. The van der Waals surface area contributed by atoms with Gasteiger partial charge in [-0.25, -0.2) is 0 Å². The van der Waals surface area contributed by atoms with Crippen LogP contribution >= 0.6 is 0 Å². The molecule has 0 unspecified atom stereocenters. The van der Waals surface area contributed by atoms with Crippen LogP contribution in [0.1, 0.15) is 5.56 Å². The van der Waals surface area contributed by atoms with Crippen LogP contribution in [0.4, 0.5) is 0 Å². The first-order valence-electron chi connectivity index (χ1n) is 5.86. The van der Waals surface area contributed by atoms with Crippen molar-refractivity contribution in [1.29, 1.82) is 0 Å². The minimum atomic E-state index is 0.165. The van der Waals surface area contributed by atoms with Crippen molar-refractivity contribution in [2.75, 3.05) is 14.2 Å². The Balaban J connectivity index is 2.14. The molecule has 4 nitrogen and oxygen atoms in total. The van der Waals surface area contributed by atoms with E-state index in [-0.39, 0.29) is 5.75 Å². The standard InChI is InChI=1S/C15H16O4/c1-17-13-5-3-4-6-14(13)19-10-11-7-8-12(16)9-15(11)18-2/h3-9,16H,10H2,1-2H3. The largest absolute Gasteiger partial charge is 0.508 e. The second kappa shape index (κ2) is 6.00. The maximum Gasteiger partial charge on any atom is 0.161 e. The second-order valence-corrected chi connectivity index (χ2v) is 3.94. The van der Waals surface area contributed by atoms with E-state index in [4.69, 9.17) is 14.2 Å². The molecular formula is C15H16O4. The van der Waals surface area contributed by atoms with Crippen molar-refractivity contribution in [2.24, 2.45) is 0 Å². The number of phenolic OH excluding ortho intramolecular Hbond substituents is 1. The van der Waals surface area contributed by atoms with E-state index in [0.29, 0.717) is 23.9 Å². The fraction of sp³-hybridized carbons (Fsp3) is 0.200. The molecular weight excluding hydrogens is 244 g/mol. The van der Waals surface area contributed by atoms with E-state index in [2.05, 4.69) is 0 Å². The van der Waals surface area contributed by atoms with E-state index in [1.807, 2.05) is 24.3 Å². The van der Waals surface area contributed by atoms with Crippen LogP contribution in [-0.2, 0) is 6.61 Å². The van der Waals surface area contributed by atoms with Crippen molar-refractivity contribution < 1.29 is 19.3 Å². The third kappa shape index (κ3) is 3.10. The molecule has 0 spiro atoms. The predicted octanol–water partition coefficient (Wildman–Crippen LogP) is 2.99. The summed E-state index contributed by atoms with van der Waals surface area (Å²) in [7, 11) is 3.16. The number of methoxy groups -OCH3 is 2. The van der Waals surface area contributed by atoms with Gasteiger partial charge in [-0.05, 0) is 24.3 Å². The minimum absolute atomic E-state index is 0.165. The van der Waals surface area contributed by atoms with Crippen LogP contribution in [0.2, 0.25) is 0 Å². The first-order chi connectivity index (χ1) is 9.24. The molecule has 0 atom stereocenters. The van der Waals surface area contributed by atoms with Crippen molar-refractivity contribution in [1.82, 2.24) is 0 Å². The fourth-order valence-corrected chi connectivity index (χ4v) is 1.75. The van der Waals surface area contributed by atoms with E-state index in [1.165, 1.54) is 0 Å². The predicted molar refractivity (Wildman–Crippen MR) is 72.0 cm³/mol. The van der Waals surface area contributed by atoms with Gasteiger partial charge in [-0.15, -0.1) is 0 Å². The van der Waals surface area contributed by atoms with E-state index >= 15 is 0 Å². The smallest absolute Gasteiger partial charge is 0.161 e. The van der Waals surface area contributed by atoms with Crippen LogP contribution < -0.4 is 14.2 Å². The maximum absolute atomic E-state index is 9.40. The number of ether oxygens (including phenoxy) is 3. The SMILES string of the molecule is COc1cc(O)ccc1COc1ccccc1OC. The summed E-state index contributed by atoms with van der Waals surface area (Å²) in [6.07, 6.45) is 0. The van der Waals surface area contributed by atoms with Crippen LogP contribution in [-0.4, -0.2) is 19.3 Å². The van der Waals surface area contributed by atoms with Gasteiger partial charge < -0.3 is 19.3 Å². The molecule has 0 radical (unpaired) electrons. The van der Waals surface area contributed by atoms with Crippen molar-refractivity contribution in [2.45, 2.75) is 6.61 Å². The summed E-state index contributed by atoms with van der Waals surface area (Å²) in [6, 6.07) is 12.4. The monoisotopic (exact) mass is 260 g/mol. The minimum Gasteiger partial charge on any atom is -0.508 e. The molecule has 0 aliphatic rings. The van der Waals surface area contributed by atoms with Gasteiger partial charge in [-0.1, -0.05) is 12.1 Å². The summed E-state index contributed by atoms with van der Waals surface area (Å²) in [5, 5.41) is 9.40. The summed E-state index contributed by atoms with van der Waals surface area (Å²) in [5.74, 6) is 2.10. The van der Waals surface area contributed by atoms with Crippen LogP contribution in [0.5, 0.6) is 23.0 Å². The molecule has 0 aromatic heterocycles. The molecule has 2 rings (SSSR count). The molecule has 2 aromatic rings. The van der Waals surface area contributed by atoms with Gasteiger partial charge in [-0.2, -0.15) is 0 Å². The lowest BCUT2D eigenvalue weighted by Crippen LogP contribution is -1.99. The highest BCUT2D eigenvalue weighted by molar-refractivity contribution is 5.42. The molecule has 0 saturated heterocycles. The van der Waals surface area contributed by atoms with Gasteiger partial charge in [0, 0.05) is 11.6 Å². The van der Waals surface area contributed by atoms with Crippen LogP contribution in [0, 0.1) is 0 Å². The lowest BCUT2D eigenvalue weighted by Gasteiger charge is -2.12. The Labute approximate surface area is 112 Å². The average Bonchev–Trinajstić information content (AvgIpc) is 2.46. The topological polar surface area (TPSA) is 47.9 Å². The molecule has 0 aliphatic carbocycles. The normalized spacial score (nSPS) is 10.0. The molecule has 4 heteroatoms. The summed E-state index contributed by atoms with van der Waals surface area (Å²) in [6.45, 7) is 0.337. The van der Waals surface area contributed by atoms with Crippen LogP contribution in [0.3, 0.4) is 0 Å².